The Balaban J connectivity index is 0.00000256. The molecule has 3 aromatic rings. The Morgan fingerprint density at radius 2 is 1.83 bits per heavy atom. The molecule has 3 heterocycles. The lowest BCUT2D eigenvalue weighted by Gasteiger charge is -2.41. The van der Waals surface area contributed by atoms with Crippen molar-refractivity contribution in [2.45, 2.75) is 18.3 Å². The van der Waals surface area contributed by atoms with E-state index < -0.39 is 5.41 Å². The summed E-state index contributed by atoms with van der Waals surface area (Å²) in [6.07, 6.45) is 8.10. The first kappa shape index (κ1) is 21.5. The van der Waals surface area contributed by atoms with E-state index in [1.165, 1.54) is 0 Å². The van der Waals surface area contributed by atoms with Gasteiger partial charge >= 0.3 is 0 Å². The van der Waals surface area contributed by atoms with Crippen LogP contribution in [0.15, 0.2) is 67.3 Å². The van der Waals surface area contributed by atoms with Crippen molar-refractivity contribution in [1.29, 1.82) is 0 Å². The maximum Gasteiger partial charge on any atom is 0.235 e. The number of pyridine rings is 1. The van der Waals surface area contributed by atoms with Crippen molar-refractivity contribution in [3.8, 4) is 5.75 Å². The Kier molecular flexibility index (Phi) is 6.84. The van der Waals surface area contributed by atoms with Gasteiger partial charge in [-0.2, -0.15) is 0 Å². The predicted octanol–water partition coefficient (Wildman–Crippen LogP) is 3.48. The highest BCUT2D eigenvalue weighted by atomic mass is 35.5. The van der Waals surface area contributed by atoms with Crippen molar-refractivity contribution in [1.82, 2.24) is 15.0 Å². The summed E-state index contributed by atoms with van der Waals surface area (Å²) in [5.41, 5.74) is 0.968. The van der Waals surface area contributed by atoms with Crippen molar-refractivity contribution in [3.05, 3.63) is 72.8 Å². The summed E-state index contributed by atoms with van der Waals surface area (Å²) in [6.45, 7) is 1.36. The van der Waals surface area contributed by atoms with Gasteiger partial charge in [0.1, 0.15) is 5.75 Å². The number of hydrogen-bond donors (Lipinski definition) is 1. The maximum absolute atomic E-state index is 13.5. The van der Waals surface area contributed by atoms with E-state index in [0.717, 1.165) is 11.3 Å². The van der Waals surface area contributed by atoms with E-state index in [9.17, 15) is 4.79 Å². The van der Waals surface area contributed by atoms with Gasteiger partial charge in [-0.3, -0.25) is 9.78 Å². The van der Waals surface area contributed by atoms with Crippen LogP contribution in [0.3, 0.4) is 0 Å². The molecular weight excluding hydrogens is 402 g/mol. The summed E-state index contributed by atoms with van der Waals surface area (Å²) >= 11 is 0. The molecule has 1 aromatic carbocycles. The monoisotopic (exact) mass is 425 g/mol. The highest BCUT2D eigenvalue weighted by molar-refractivity contribution is 5.99. The Labute approximate surface area is 181 Å². The Bertz CT molecular complexity index is 964. The lowest BCUT2D eigenvalue weighted by atomic mass is 9.72. The van der Waals surface area contributed by atoms with E-state index in [4.69, 9.17) is 4.74 Å². The number of hydrogen-bond acceptors (Lipinski definition) is 6. The summed E-state index contributed by atoms with van der Waals surface area (Å²) in [5, 5.41) is 3.05. The molecule has 30 heavy (non-hydrogen) atoms. The topological polar surface area (TPSA) is 80.2 Å². The Hall–Kier alpha value is -3.19. The largest absolute Gasteiger partial charge is 0.497 e. The number of piperidine rings is 1. The lowest BCUT2D eigenvalue weighted by molar-refractivity contribution is -0.122. The molecule has 2 aromatic heterocycles. The summed E-state index contributed by atoms with van der Waals surface area (Å²) in [4.78, 5) is 28.4. The number of nitrogens with zero attached hydrogens (tertiary/aromatic N) is 4. The fourth-order valence-electron chi connectivity index (χ4n) is 3.80. The highest BCUT2D eigenvalue weighted by Crippen LogP contribution is 2.38. The van der Waals surface area contributed by atoms with Crippen molar-refractivity contribution < 1.29 is 9.53 Å². The van der Waals surface area contributed by atoms with Crippen LogP contribution in [0, 0.1) is 0 Å². The maximum atomic E-state index is 13.5. The van der Waals surface area contributed by atoms with Crippen LogP contribution in [0.4, 0.5) is 11.6 Å². The van der Waals surface area contributed by atoms with Gasteiger partial charge in [-0.15, -0.1) is 12.4 Å². The van der Waals surface area contributed by atoms with Crippen molar-refractivity contribution in [2.24, 2.45) is 0 Å². The van der Waals surface area contributed by atoms with Crippen LogP contribution >= 0.6 is 12.4 Å². The van der Waals surface area contributed by atoms with E-state index in [1.54, 1.807) is 38.0 Å². The van der Waals surface area contributed by atoms with E-state index in [1.807, 2.05) is 36.4 Å². The number of ether oxygens (including phenoxy) is 1. The molecule has 0 radical (unpaired) electrons. The second-order valence-electron chi connectivity index (χ2n) is 7.05. The third-order valence-corrected chi connectivity index (χ3v) is 5.43. The molecule has 1 aliphatic rings. The first-order chi connectivity index (χ1) is 14.2. The van der Waals surface area contributed by atoms with Crippen LogP contribution in [0.2, 0.25) is 0 Å². The number of nitrogens with one attached hydrogen (secondary N) is 1. The quantitative estimate of drug-likeness (QED) is 0.674. The molecule has 1 aliphatic heterocycles. The first-order valence-corrected chi connectivity index (χ1v) is 9.59. The Morgan fingerprint density at radius 3 is 2.50 bits per heavy atom. The van der Waals surface area contributed by atoms with Gasteiger partial charge in [-0.25, -0.2) is 9.97 Å². The molecule has 0 aliphatic carbocycles. The minimum atomic E-state index is -0.671. The number of halogens is 1. The number of benzene rings is 1. The zero-order valence-corrected chi connectivity index (χ0v) is 17.5. The third-order valence-electron chi connectivity index (χ3n) is 5.43. The van der Waals surface area contributed by atoms with Crippen molar-refractivity contribution in [2.75, 3.05) is 30.4 Å². The van der Waals surface area contributed by atoms with Gasteiger partial charge in [-0.05, 0) is 48.7 Å². The van der Waals surface area contributed by atoms with Crippen LogP contribution in [0.5, 0.6) is 5.75 Å². The molecule has 1 fully saturated rings. The summed E-state index contributed by atoms with van der Waals surface area (Å²) in [6, 6.07) is 13.2. The molecule has 0 saturated carbocycles. The van der Waals surface area contributed by atoms with Gasteiger partial charge in [0.05, 0.1) is 24.4 Å². The fourth-order valence-corrected chi connectivity index (χ4v) is 3.80. The minimum Gasteiger partial charge on any atom is -0.497 e. The summed E-state index contributed by atoms with van der Waals surface area (Å²) in [7, 11) is 1.64. The zero-order chi connectivity index (χ0) is 20.1. The van der Waals surface area contributed by atoms with Gasteiger partial charge in [0.25, 0.3) is 0 Å². The second-order valence-corrected chi connectivity index (χ2v) is 7.05. The number of anilines is 2. The molecule has 1 N–H and O–H groups in total. The number of carbonyl (C=O) groups excluding carboxylic acids is 1. The molecule has 1 amide bonds. The number of carbonyl (C=O) groups is 1. The molecule has 1 saturated heterocycles. The molecule has 8 heteroatoms. The van der Waals surface area contributed by atoms with E-state index >= 15 is 0 Å². The third kappa shape index (κ3) is 4.36. The Morgan fingerprint density at radius 1 is 1.07 bits per heavy atom. The van der Waals surface area contributed by atoms with Gasteiger partial charge in [0, 0.05) is 31.7 Å². The molecule has 4 rings (SSSR count). The standard InChI is InChI=1S/C22H23N5O2.ClH/c1-29-19-7-2-5-17(15-19)22(20(28)26-18-6-3-10-23-16-18)8-13-27(14-9-22)21-24-11-4-12-25-21;/h2-7,10-12,15-16H,8-9,13-14H2,1H3,(H,26,28);1H. The smallest absolute Gasteiger partial charge is 0.235 e. The number of amides is 1. The molecule has 0 spiro atoms. The molecule has 7 nitrogen and oxygen atoms in total. The second kappa shape index (κ2) is 9.54. The average Bonchev–Trinajstić information content (AvgIpc) is 2.80. The van der Waals surface area contributed by atoms with Gasteiger partial charge in [-0.1, -0.05) is 12.1 Å². The van der Waals surface area contributed by atoms with Gasteiger partial charge in [0.2, 0.25) is 11.9 Å². The fraction of sp³-hybridized carbons (Fsp3) is 0.273. The van der Waals surface area contributed by atoms with Crippen LogP contribution in [-0.2, 0) is 10.2 Å². The number of aromatic nitrogens is 3. The normalized spacial score (nSPS) is 15.0. The van der Waals surface area contributed by atoms with Crippen LogP contribution in [-0.4, -0.2) is 41.1 Å². The van der Waals surface area contributed by atoms with Crippen molar-refractivity contribution in [3.63, 3.8) is 0 Å². The molecule has 0 bridgehead atoms. The number of methoxy groups -OCH3 is 1. The minimum absolute atomic E-state index is 0. The van der Waals surface area contributed by atoms with Crippen LogP contribution < -0.4 is 15.0 Å². The lowest BCUT2D eigenvalue weighted by Crippen LogP contribution is -2.50. The van der Waals surface area contributed by atoms with Crippen molar-refractivity contribution >= 4 is 29.9 Å². The van der Waals surface area contributed by atoms with E-state index in [0.29, 0.717) is 37.6 Å². The van der Waals surface area contributed by atoms with Crippen LogP contribution in [0.1, 0.15) is 18.4 Å². The molecule has 156 valence electrons. The average molecular weight is 426 g/mol. The molecule has 0 unspecified atom stereocenters. The number of rotatable bonds is 5. The highest BCUT2D eigenvalue weighted by Gasteiger charge is 2.43. The van der Waals surface area contributed by atoms with Gasteiger partial charge in [0.15, 0.2) is 0 Å². The van der Waals surface area contributed by atoms with Crippen LogP contribution in [0.25, 0.3) is 0 Å². The summed E-state index contributed by atoms with van der Waals surface area (Å²) < 4.78 is 5.41. The first-order valence-electron chi connectivity index (χ1n) is 9.59. The predicted molar refractivity (Wildman–Crippen MR) is 118 cm³/mol. The molecule has 0 atom stereocenters. The summed E-state index contributed by atoms with van der Waals surface area (Å²) in [5.74, 6) is 1.40. The van der Waals surface area contributed by atoms with E-state index in [-0.39, 0.29) is 18.3 Å². The SMILES string of the molecule is COc1cccc(C2(C(=O)Nc3cccnc3)CCN(c3ncccn3)CC2)c1.Cl. The zero-order valence-electron chi connectivity index (χ0n) is 16.7. The van der Waals surface area contributed by atoms with Gasteiger partial charge < -0.3 is 15.0 Å². The molecular formula is C22H24ClN5O2. The van der Waals surface area contributed by atoms with E-state index in [2.05, 4.69) is 25.2 Å².